The molecule has 0 unspecified atom stereocenters. The average molecular weight is 185 g/mol. The molecule has 0 aliphatic carbocycles. The molecule has 0 saturated carbocycles. The topological polar surface area (TPSA) is 23.8 Å². The molecule has 0 N–H and O–H groups in total. The number of hydrogen-bond donors (Lipinski definition) is 0. The molecular formula is C10H19NS. The molecule has 0 saturated heterocycles. The van der Waals surface area contributed by atoms with Gasteiger partial charge < -0.3 is 0 Å². The summed E-state index contributed by atoms with van der Waals surface area (Å²) in [5.41, 5.74) is 0. The summed E-state index contributed by atoms with van der Waals surface area (Å²) >= 11 is 2.03. The van der Waals surface area contributed by atoms with Crippen molar-refractivity contribution in [3.8, 4) is 6.07 Å². The number of nitrogens with zero attached hydrogens (tertiary/aromatic N) is 1. The second kappa shape index (κ2) is 10.8. The molecule has 0 fully saturated rings. The molecule has 0 aromatic rings. The lowest BCUT2D eigenvalue weighted by molar-refractivity contribution is 0.776. The van der Waals surface area contributed by atoms with Crippen molar-refractivity contribution in [2.45, 2.75) is 45.4 Å². The van der Waals surface area contributed by atoms with E-state index < -0.39 is 0 Å². The van der Waals surface area contributed by atoms with Crippen LogP contribution in [-0.2, 0) is 0 Å². The van der Waals surface area contributed by atoms with Crippen LogP contribution in [0.15, 0.2) is 0 Å². The third kappa shape index (κ3) is 9.84. The summed E-state index contributed by atoms with van der Waals surface area (Å²) in [6.07, 6.45) is 7.07. The molecule has 0 bridgehead atoms. The van der Waals surface area contributed by atoms with Gasteiger partial charge in [-0.2, -0.15) is 17.0 Å². The highest BCUT2D eigenvalue weighted by molar-refractivity contribution is 7.99. The van der Waals surface area contributed by atoms with E-state index in [9.17, 15) is 0 Å². The predicted molar refractivity (Wildman–Crippen MR) is 56.3 cm³/mol. The van der Waals surface area contributed by atoms with Crippen LogP contribution in [0.4, 0.5) is 0 Å². The van der Waals surface area contributed by atoms with Crippen molar-refractivity contribution in [3.63, 3.8) is 0 Å². The summed E-state index contributed by atoms with van der Waals surface area (Å²) in [6, 6.07) is 2.17. The van der Waals surface area contributed by atoms with Gasteiger partial charge in [0.2, 0.25) is 0 Å². The average Bonchev–Trinajstić information content (AvgIpc) is 2.10. The maximum atomic E-state index is 8.28. The third-order valence-electron chi connectivity index (χ3n) is 1.72. The molecule has 2 heteroatoms. The monoisotopic (exact) mass is 185 g/mol. The van der Waals surface area contributed by atoms with Gasteiger partial charge >= 0.3 is 0 Å². The summed E-state index contributed by atoms with van der Waals surface area (Å²) in [7, 11) is 0. The Morgan fingerprint density at radius 2 is 1.75 bits per heavy atom. The number of thioether (sulfide) groups is 1. The highest BCUT2D eigenvalue weighted by Gasteiger charge is 1.90. The van der Waals surface area contributed by atoms with Crippen molar-refractivity contribution >= 4 is 11.8 Å². The van der Waals surface area contributed by atoms with E-state index in [1.54, 1.807) is 0 Å². The van der Waals surface area contributed by atoms with E-state index in [1.165, 1.54) is 37.2 Å². The van der Waals surface area contributed by atoms with Crippen molar-refractivity contribution in [2.24, 2.45) is 0 Å². The van der Waals surface area contributed by atoms with Gasteiger partial charge in [0.1, 0.15) is 0 Å². The Hall–Kier alpha value is -0.160. The van der Waals surface area contributed by atoms with Gasteiger partial charge in [-0.3, -0.25) is 0 Å². The molecular weight excluding hydrogens is 166 g/mol. The van der Waals surface area contributed by atoms with Gasteiger partial charge in [0.15, 0.2) is 0 Å². The van der Waals surface area contributed by atoms with Gasteiger partial charge in [-0.05, 0) is 30.8 Å². The van der Waals surface area contributed by atoms with Crippen molar-refractivity contribution < 1.29 is 0 Å². The predicted octanol–water partition coefficient (Wildman–Crippen LogP) is 3.60. The first-order chi connectivity index (χ1) is 5.91. The Labute approximate surface area is 80.5 Å². The van der Waals surface area contributed by atoms with Gasteiger partial charge in [0.25, 0.3) is 0 Å². The van der Waals surface area contributed by atoms with Crippen LogP contribution in [0.5, 0.6) is 0 Å². The molecule has 0 aliphatic rings. The fraction of sp³-hybridized carbons (Fsp3) is 0.900. The minimum absolute atomic E-state index is 0.732. The number of rotatable bonds is 8. The zero-order valence-electron chi connectivity index (χ0n) is 8.01. The van der Waals surface area contributed by atoms with Crippen LogP contribution in [0.25, 0.3) is 0 Å². The van der Waals surface area contributed by atoms with E-state index in [1.807, 2.05) is 11.8 Å². The quantitative estimate of drug-likeness (QED) is 0.539. The molecule has 0 aromatic heterocycles. The lowest BCUT2D eigenvalue weighted by Gasteiger charge is -1.98. The van der Waals surface area contributed by atoms with Crippen LogP contribution in [0, 0.1) is 11.3 Å². The maximum Gasteiger partial charge on any atom is 0.0621 e. The highest BCUT2D eigenvalue weighted by atomic mass is 32.2. The van der Waals surface area contributed by atoms with Crippen LogP contribution in [0.1, 0.15) is 45.4 Å². The van der Waals surface area contributed by atoms with E-state index in [2.05, 4.69) is 13.0 Å². The van der Waals surface area contributed by atoms with E-state index in [-0.39, 0.29) is 0 Å². The summed E-state index contributed by atoms with van der Waals surface area (Å²) in [6.45, 7) is 2.23. The van der Waals surface area contributed by atoms with Gasteiger partial charge in [0.05, 0.1) is 6.07 Å². The second-order valence-electron chi connectivity index (χ2n) is 2.93. The molecule has 0 heterocycles. The van der Waals surface area contributed by atoms with E-state index in [0.717, 1.165) is 12.8 Å². The minimum atomic E-state index is 0.732. The molecule has 70 valence electrons. The van der Waals surface area contributed by atoms with Crippen molar-refractivity contribution in [3.05, 3.63) is 0 Å². The fourth-order valence-electron chi connectivity index (χ4n) is 0.964. The summed E-state index contributed by atoms with van der Waals surface area (Å²) in [5, 5.41) is 8.28. The second-order valence-corrected chi connectivity index (χ2v) is 4.16. The summed E-state index contributed by atoms with van der Waals surface area (Å²) < 4.78 is 0. The van der Waals surface area contributed by atoms with Gasteiger partial charge in [0, 0.05) is 6.42 Å². The van der Waals surface area contributed by atoms with E-state index >= 15 is 0 Å². The number of unbranched alkanes of at least 4 members (excludes halogenated alkanes) is 4. The minimum Gasteiger partial charge on any atom is -0.198 e. The van der Waals surface area contributed by atoms with Gasteiger partial charge in [-0.15, -0.1) is 0 Å². The van der Waals surface area contributed by atoms with Crippen LogP contribution < -0.4 is 0 Å². The lowest BCUT2D eigenvalue weighted by Crippen LogP contribution is -1.84. The first-order valence-electron chi connectivity index (χ1n) is 4.86. The van der Waals surface area contributed by atoms with Crippen molar-refractivity contribution in [1.29, 1.82) is 5.26 Å². The zero-order chi connectivity index (χ0) is 9.07. The van der Waals surface area contributed by atoms with Crippen molar-refractivity contribution in [2.75, 3.05) is 11.5 Å². The molecule has 0 spiro atoms. The first-order valence-corrected chi connectivity index (χ1v) is 6.02. The molecule has 0 rings (SSSR count). The Kier molecular flexibility index (Phi) is 10.7. The first kappa shape index (κ1) is 11.8. The van der Waals surface area contributed by atoms with Crippen LogP contribution in [0.2, 0.25) is 0 Å². The molecule has 0 aliphatic heterocycles. The van der Waals surface area contributed by atoms with E-state index in [4.69, 9.17) is 5.26 Å². The number of nitriles is 1. The number of hydrogen-bond acceptors (Lipinski definition) is 2. The van der Waals surface area contributed by atoms with Crippen molar-refractivity contribution in [1.82, 2.24) is 0 Å². The molecule has 12 heavy (non-hydrogen) atoms. The third-order valence-corrected chi connectivity index (χ3v) is 2.87. The Balaban J connectivity index is 2.78. The SMILES string of the molecule is CCCCCSCCCCC#N. The Morgan fingerprint density at radius 3 is 2.33 bits per heavy atom. The fourth-order valence-corrected chi connectivity index (χ4v) is 1.98. The summed E-state index contributed by atoms with van der Waals surface area (Å²) in [5.74, 6) is 2.55. The maximum absolute atomic E-state index is 8.28. The molecule has 1 nitrogen and oxygen atoms in total. The van der Waals surface area contributed by atoms with Crippen LogP contribution >= 0.6 is 11.8 Å². The Morgan fingerprint density at radius 1 is 1.08 bits per heavy atom. The standard InChI is InChI=1S/C10H19NS/c1-2-3-6-9-12-10-7-4-5-8-11/h2-7,9-10H2,1H3. The van der Waals surface area contributed by atoms with Gasteiger partial charge in [-0.1, -0.05) is 19.8 Å². The van der Waals surface area contributed by atoms with Crippen LogP contribution in [0.3, 0.4) is 0 Å². The molecule has 0 amide bonds. The summed E-state index contributed by atoms with van der Waals surface area (Å²) in [4.78, 5) is 0. The normalized spacial score (nSPS) is 9.67. The Bertz CT molecular complexity index is 117. The molecule has 0 atom stereocenters. The van der Waals surface area contributed by atoms with Crippen LogP contribution in [-0.4, -0.2) is 11.5 Å². The highest BCUT2D eigenvalue weighted by Crippen LogP contribution is 2.09. The molecule has 0 aromatic carbocycles. The van der Waals surface area contributed by atoms with E-state index in [0.29, 0.717) is 0 Å². The largest absolute Gasteiger partial charge is 0.198 e. The smallest absolute Gasteiger partial charge is 0.0621 e. The molecule has 0 radical (unpaired) electrons. The zero-order valence-corrected chi connectivity index (χ0v) is 8.83. The van der Waals surface area contributed by atoms with Gasteiger partial charge in [-0.25, -0.2) is 0 Å². The lowest BCUT2D eigenvalue weighted by atomic mass is 10.3.